The van der Waals surface area contributed by atoms with Gasteiger partial charge in [-0.05, 0) is 18.9 Å². The van der Waals surface area contributed by atoms with Gasteiger partial charge in [0.25, 0.3) is 5.91 Å². The number of rotatable bonds is 2. The molecule has 0 radical (unpaired) electrons. The largest absolute Gasteiger partial charge is 0.397 e. The van der Waals surface area contributed by atoms with Gasteiger partial charge >= 0.3 is 0 Å². The quantitative estimate of drug-likeness (QED) is 0.735. The van der Waals surface area contributed by atoms with E-state index >= 15 is 0 Å². The van der Waals surface area contributed by atoms with E-state index in [-0.39, 0.29) is 5.91 Å². The molecule has 6 heterocycles. The third kappa shape index (κ3) is 2.03. The second-order valence-corrected chi connectivity index (χ2v) is 8.04. The van der Waals surface area contributed by atoms with Crippen LogP contribution in [0.4, 0.5) is 16.5 Å². The Morgan fingerprint density at radius 1 is 1.38 bits per heavy atom. The fourth-order valence-electron chi connectivity index (χ4n) is 3.60. The molecular formula is C16H15N5OS2. The first-order chi connectivity index (χ1) is 11.7. The molecule has 3 aromatic heterocycles. The maximum absolute atomic E-state index is 12.5. The van der Waals surface area contributed by atoms with E-state index in [0.29, 0.717) is 21.6 Å². The molecule has 0 unspecified atom stereocenters. The third-order valence-corrected chi connectivity index (χ3v) is 6.61. The number of nitrogens with zero attached hydrogens (tertiary/aromatic N) is 3. The fourth-order valence-corrected chi connectivity index (χ4v) is 5.10. The number of aromatic nitrogens is 2. The number of nitrogens with one attached hydrogen (secondary N) is 1. The monoisotopic (exact) mass is 357 g/mol. The highest BCUT2D eigenvalue weighted by Crippen LogP contribution is 2.45. The van der Waals surface area contributed by atoms with Crippen molar-refractivity contribution in [2.45, 2.75) is 18.8 Å². The van der Waals surface area contributed by atoms with Gasteiger partial charge in [-0.1, -0.05) is 0 Å². The summed E-state index contributed by atoms with van der Waals surface area (Å²) >= 11 is 2.75. The van der Waals surface area contributed by atoms with E-state index in [0.717, 1.165) is 23.3 Å². The maximum Gasteiger partial charge on any atom is 0.269 e. The number of thiophene rings is 1. The van der Waals surface area contributed by atoms with E-state index in [9.17, 15) is 4.79 Å². The molecule has 0 aliphatic carbocycles. The molecule has 3 aliphatic rings. The lowest BCUT2D eigenvalue weighted by Gasteiger charge is -2.41. The Bertz CT molecular complexity index is 941. The number of nitrogen functional groups attached to an aromatic ring is 1. The molecule has 2 bridgehead atoms. The molecule has 1 fully saturated rings. The van der Waals surface area contributed by atoms with Crippen LogP contribution in [0.1, 0.15) is 34.1 Å². The molecule has 6 nitrogen and oxygen atoms in total. The molecule has 0 atom stereocenters. The molecule has 0 saturated carbocycles. The molecule has 1 saturated heterocycles. The highest BCUT2D eigenvalue weighted by Gasteiger charge is 2.33. The Morgan fingerprint density at radius 3 is 2.96 bits per heavy atom. The molecule has 24 heavy (non-hydrogen) atoms. The molecule has 8 heteroatoms. The Hall–Kier alpha value is -2.19. The molecule has 122 valence electrons. The molecule has 3 aromatic rings. The second-order valence-electron chi connectivity index (χ2n) is 6.14. The van der Waals surface area contributed by atoms with E-state index in [1.54, 1.807) is 6.20 Å². The van der Waals surface area contributed by atoms with Gasteiger partial charge in [-0.15, -0.1) is 22.7 Å². The number of hydrogen-bond acceptors (Lipinski definition) is 7. The standard InChI is InChI=1S/C16H15N5OS2/c17-11-9-7-10-12(8-1-4-21(10)5-2-8)19-15(9)24-13(11)14(22)20-16-18-3-6-23-16/h3,6-8H,1-2,4-5,17H2,(H,18,20,22). The van der Waals surface area contributed by atoms with Crippen LogP contribution in [0.3, 0.4) is 0 Å². The van der Waals surface area contributed by atoms with E-state index in [4.69, 9.17) is 10.7 Å². The summed E-state index contributed by atoms with van der Waals surface area (Å²) in [4.78, 5) is 25.2. The van der Waals surface area contributed by atoms with Crippen LogP contribution in [0.25, 0.3) is 10.2 Å². The summed E-state index contributed by atoms with van der Waals surface area (Å²) in [7, 11) is 0. The normalized spacial score (nSPS) is 16.6. The van der Waals surface area contributed by atoms with Crippen LogP contribution >= 0.6 is 22.7 Å². The smallest absolute Gasteiger partial charge is 0.269 e. The van der Waals surface area contributed by atoms with Crippen molar-refractivity contribution in [3.8, 4) is 0 Å². The average molecular weight is 357 g/mol. The molecule has 3 aliphatic heterocycles. The number of pyridine rings is 1. The lowest BCUT2D eigenvalue weighted by Crippen LogP contribution is -2.39. The number of nitrogens with two attached hydrogens (primary N) is 1. The summed E-state index contributed by atoms with van der Waals surface area (Å²) in [5.41, 5.74) is 9.16. The van der Waals surface area contributed by atoms with Crippen molar-refractivity contribution < 1.29 is 4.79 Å². The zero-order valence-corrected chi connectivity index (χ0v) is 14.4. The van der Waals surface area contributed by atoms with E-state index in [1.165, 1.54) is 46.9 Å². The number of carbonyl (C=O) groups is 1. The van der Waals surface area contributed by atoms with E-state index in [1.807, 2.05) is 5.38 Å². The molecular weight excluding hydrogens is 342 g/mol. The topological polar surface area (TPSA) is 84.1 Å². The van der Waals surface area contributed by atoms with E-state index < -0.39 is 0 Å². The second kappa shape index (κ2) is 5.15. The number of piperidine rings is 1. The summed E-state index contributed by atoms with van der Waals surface area (Å²) < 4.78 is 0. The van der Waals surface area contributed by atoms with Crippen molar-refractivity contribution >= 4 is 55.3 Å². The highest BCUT2D eigenvalue weighted by molar-refractivity contribution is 7.21. The van der Waals surface area contributed by atoms with Crippen LogP contribution in [0.15, 0.2) is 17.6 Å². The van der Waals surface area contributed by atoms with Gasteiger partial charge in [-0.3, -0.25) is 10.1 Å². The number of amides is 1. The van der Waals surface area contributed by atoms with Crippen molar-refractivity contribution in [1.82, 2.24) is 9.97 Å². The Labute approximate surface area is 146 Å². The third-order valence-electron chi connectivity index (χ3n) is 4.81. The first kappa shape index (κ1) is 14.2. The van der Waals surface area contributed by atoms with Crippen molar-refractivity contribution in [3.63, 3.8) is 0 Å². The summed E-state index contributed by atoms with van der Waals surface area (Å²) in [6.07, 6.45) is 4.00. The first-order valence-corrected chi connectivity index (χ1v) is 9.59. The highest BCUT2D eigenvalue weighted by atomic mass is 32.1. The van der Waals surface area contributed by atoms with Crippen molar-refractivity contribution in [2.24, 2.45) is 0 Å². The fraction of sp³-hybridized carbons (Fsp3) is 0.312. The Balaban J connectivity index is 1.59. The van der Waals surface area contributed by atoms with Crippen LogP contribution in [-0.4, -0.2) is 29.0 Å². The van der Waals surface area contributed by atoms with Gasteiger partial charge in [-0.2, -0.15) is 0 Å². The predicted octanol–water partition coefficient (Wildman–Crippen LogP) is 3.28. The zero-order chi connectivity index (χ0) is 16.3. The van der Waals surface area contributed by atoms with Crippen molar-refractivity contribution in [3.05, 3.63) is 28.2 Å². The van der Waals surface area contributed by atoms with Crippen molar-refractivity contribution in [2.75, 3.05) is 29.0 Å². The average Bonchev–Trinajstić information content (AvgIpc) is 3.23. The van der Waals surface area contributed by atoms with Crippen molar-refractivity contribution in [1.29, 1.82) is 0 Å². The number of fused-ring (bicyclic) bond motifs is 3. The van der Waals surface area contributed by atoms with Gasteiger partial charge in [-0.25, -0.2) is 9.97 Å². The van der Waals surface area contributed by atoms with Gasteiger partial charge in [0, 0.05) is 36.0 Å². The Kier molecular flexibility index (Phi) is 3.04. The van der Waals surface area contributed by atoms with Crippen LogP contribution < -0.4 is 16.0 Å². The van der Waals surface area contributed by atoms with Gasteiger partial charge in [0.15, 0.2) is 5.13 Å². The molecule has 3 N–H and O–H groups in total. The predicted molar refractivity (Wildman–Crippen MR) is 98.3 cm³/mol. The Morgan fingerprint density at radius 2 is 2.21 bits per heavy atom. The van der Waals surface area contributed by atoms with E-state index in [2.05, 4.69) is 21.3 Å². The first-order valence-electron chi connectivity index (χ1n) is 7.89. The summed E-state index contributed by atoms with van der Waals surface area (Å²) in [5.74, 6) is 0.331. The molecule has 1 amide bonds. The summed E-state index contributed by atoms with van der Waals surface area (Å²) in [6.45, 7) is 2.18. The minimum Gasteiger partial charge on any atom is -0.397 e. The molecule has 0 aromatic carbocycles. The summed E-state index contributed by atoms with van der Waals surface area (Å²) in [6, 6.07) is 2.12. The lowest BCUT2D eigenvalue weighted by molar-refractivity contribution is 0.103. The molecule has 6 rings (SSSR count). The maximum atomic E-state index is 12.5. The van der Waals surface area contributed by atoms with Crippen LogP contribution in [0.2, 0.25) is 0 Å². The van der Waals surface area contributed by atoms with Crippen LogP contribution in [0.5, 0.6) is 0 Å². The zero-order valence-electron chi connectivity index (χ0n) is 12.8. The van der Waals surface area contributed by atoms with Gasteiger partial charge in [0.2, 0.25) is 0 Å². The number of carbonyl (C=O) groups excluding carboxylic acids is 1. The molecule has 0 spiro atoms. The van der Waals surface area contributed by atoms with Crippen LogP contribution in [-0.2, 0) is 0 Å². The number of hydrogen-bond donors (Lipinski definition) is 2. The van der Waals surface area contributed by atoms with Gasteiger partial charge in [0.1, 0.15) is 9.71 Å². The number of thiazole rings is 1. The summed E-state index contributed by atoms with van der Waals surface area (Å²) in [5, 5.41) is 6.09. The lowest BCUT2D eigenvalue weighted by atomic mass is 9.86. The van der Waals surface area contributed by atoms with Gasteiger partial charge in [0.05, 0.1) is 17.1 Å². The minimum atomic E-state index is -0.216. The van der Waals surface area contributed by atoms with Gasteiger partial charge < -0.3 is 10.6 Å². The minimum absolute atomic E-state index is 0.216. The SMILES string of the molecule is Nc1c(C(=O)Nc2nccs2)sc2nc3c(cc12)N1CCC3CC1. The van der Waals surface area contributed by atoms with Crippen LogP contribution in [0, 0.1) is 0 Å². The number of anilines is 3.